The van der Waals surface area contributed by atoms with Crippen LogP contribution in [0.1, 0.15) is 71.6 Å². The second-order valence-electron chi connectivity index (χ2n) is 11.2. The van der Waals surface area contributed by atoms with Crippen LogP contribution in [0.15, 0.2) is 0 Å². The van der Waals surface area contributed by atoms with Gasteiger partial charge in [0.1, 0.15) is 5.78 Å². The minimum atomic E-state index is -0.429. The van der Waals surface area contributed by atoms with Crippen LogP contribution in [0.4, 0.5) is 0 Å². The molecule has 6 aliphatic rings. The van der Waals surface area contributed by atoms with Gasteiger partial charge in [-0.25, -0.2) is 0 Å². The molecule has 2 aliphatic heterocycles. The summed E-state index contributed by atoms with van der Waals surface area (Å²) in [5.74, 6) is 1.12. The van der Waals surface area contributed by atoms with Gasteiger partial charge in [-0.2, -0.15) is 0 Å². The molecule has 5 heteroatoms. The Hall–Kier alpha value is -0.490. The van der Waals surface area contributed by atoms with Gasteiger partial charge in [0.25, 0.3) is 0 Å². The lowest BCUT2D eigenvalue weighted by atomic mass is 9.44. The normalized spacial score (nSPS) is 50.3. The molecule has 162 valence electrons. The number of Topliss-reactive ketones (excluding diaryl/α,β-unsaturated/α-hetero) is 1. The van der Waals surface area contributed by atoms with E-state index in [0.717, 1.165) is 64.6 Å². The molecule has 4 aliphatic carbocycles. The Labute approximate surface area is 174 Å². The Morgan fingerprint density at radius 3 is 2.31 bits per heavy atom. The summed E-state index contributed by atoms with van der Waals surface area (Å²) in [5.41, 5.74) is 0.206. The van der Waals surface area contributed by atoms with Gasteiger partial charge in [-0.05, 0) is 55.3 Å². The van der Waals surface area contributed by atoms with Crippen LogP contribution in [-0.2, 0) is 23.7 Å². The van der Waals surface area contributed by atoms with E-state index >= 15 is 0 Å². The predicted octanol–water partition coefficient (Wildman–Crippen LogP) is 4.08. The van der Waals surface area contributed by atoms with Crippen molar-refractivity contribution in [3.05, 3.63) is 0 Å². The molecule has 2 spiro atoms. The Kier molecular flexibility index (Phi) is 4.16. The summed E-state index contributed by atoms with van der Waals surface area (Å²) in [5, 5.41) is 0. The molecule has 4 unspecified atom stereocenters. The van der Waals surface area contributed by atoms with Gasteiger partial charge in [0.2, 0.25) is 0 Å². The zero-order valence-electron chi connectivity index (χ0n) is 18.0. The van der Waals surface area contributed by atoms with Gasteiger partial charge in [-0.3, -0.25) is 4.79 Å². The molecule has 6 rings (SSSR count). The second-order valence-corrected chi connectivity index (χ2v) is 11.2. The lowest BCUT2D eigenvalue weighted by Gasteiger charge is -2.62. The van der Waals surface area contributed by atoms with E-state index < -0.39 is 11.6 Å². The molecule has 0 amide bonds. The average molecular weight is 405 g/mol. The van der Waals surface area contributed by atoms with Gasteiger partial charge < -0.3 is 18.9 Å². The van der Waals surface area contributed by atoms with Crippen LogP contribution in [0.3, 0.4) is 0 Å². The summed E-state index contributed by atoms with van der Waals surface area (Å²) < 4.78 is 24.8. The monoisotopic (exact) mass is 404 g/mol. The van der Waals surface area contributed by atoms with Crippen molar-refractivity contribution < 1.29 is 23.7 Å². The maximum absolute atomic E-state index is 13.6. The molecule has 0 N–H and O–H groups in total. The van der Waals surface area contributed by atoms with E-state index in [1.54, 1.807) is 0 Å². The van der Waals surface area contributed by atoms with Crippen LogP contribution in [-0.4, -0.2) is 43.8 Å². The molecule has 0 aromatic rings. The van der Waals surface area contributed by atoms with Gasteiger partial charge >= 0.3 is 0 Å². The van der Waals surface area contributed by atoms with E-state index in [-0.39, 0.29) is 16.7 Å². The minimum Gasteiger partial charge on any atom is -0.350 e. The average Bonchev–Trinajstić information content (AvgIpc) is 3.31. The van der Waals surface area contributed by atoms with Gasteiger partial charge in [0, 0.05) is 37.0 Å². The maximum Gasteiger partial charge on any atom is 0.174 e. The topological polar surface area (TPSA) is 54.0 Å². The second kappa shape index (κ2) is 6.27. The van der Waals surface area contributed by atoms with Crippen molar-refractivity contribution in [2.75, 3.05) is 26.4 Å². The molecule has 2 saturated heterocycles. The molecule has 4 saturated carbocycles. The van der Waals surface area contributed by atoms with E-state index in [1.807, 2.05) is 0 Å². The molecule has 6 atom stereocenters. The van der Waals surface area contributed by atoms with Crippen molar-refractivity contribution in [1.82, 2.24) is 0 Å². The summed E-state index contributed by atoms with van der Waals surface area (Å²) in [6.45, 7) is 7.83. The summed E-state index contributed by atoms with van der Waals surface area (Å²) in [6, 6.07) is 0. The first kappa shape index (κ1) is 19.2. The number of ether oxygens (including phenoxy) is 4. The number of carbonyl (C=O) groups is 1. The highest BCUT2D eigenvalue weighted by Gasteiger charge is 2.69. The molecule has 2 heterocycles. The van der Waals surface area contributed by atoms with E-state index in [9.17, 15) is 4.79 Å². The molecule has 0 aromatic carbocycles. The van der Waals surface area contributed by atoms with E-state index in [0.29, 0.717) is 43.2 Å². The number of hydrogen-bond donors (Lipinski definition) is 0. The van der Waals surface area contributed by atoms with E-state index in [4.69, 9.17) is 18.9 Å². The molecule has 29 heavy (non-hydrogen) atoms. The van der Waals surface area contributed by atoms with Crippen molar-refractivity contribution in [1.29, 1.82) is 0 Å². The highest BCUT2D eigenvalue weighted by molar-refractivity contribution is 5.83. The van der Waals surface area contributed by atoms with Gasteiger partial charge in [-0.1, -0.05) is 13.8 Å². The third-order valence-corrected chi connectivity index (χ3v) is 10.3. The highest BCUT2D eigenvalue weighted by Crippen LogP contribution is 2.69. The van der Waals surface area contributed by atoms with Crippen molar-refractivity contribution >= 4 is 5.78 Å². The zero-order valence-corrected chi connectivity index (χ0v) is 18.0. The molecule has 0 radical (unpaired) electrons. The van der Waals surface area contributed by atoms with Crippen LogP contribution in [0.25, 0.3) is 0 Å². The molecular formula is C24H36O5. The minimum absolute atomic E-state index is 0.0188. The Balaban J connectivity index is 1.30. The van der Waals surface area contributed by atoms with Crippen molar-refractivity contribution in [3.63, 3.8) is 0 Å². The SMILES string of the molecule is C[C@]12CCC3(CC1CC(=O)C1C2CC[C@@]2(C)C1CCC21OCCO1)OCCCO3. The third kappa shape index (κ3) is 2.45. The summed E-state index contributed by atoms with van der Waals surface area (Å²) in [4.78, 5) is 13.6. The summed E-state index contributed by atoms with van der Waals surface area (Å²) in [7, 11) is 0. The number of carbonyl (C=O) groups excluding carboxylic acids is 1. The predicted molar refractivity (Wildman–Crippen MR) is 106 cm³/mol. The molecule has 0 bridgehead atoms. The quantitative estimate of drug-likeness (QED) is 0.609. The molecule has 5 nitrogen and oxygen atoms in total. The van der Waals surface area contributed by atoms with Crippen molar-refractivity contribution in [2.24, 2.45) is 34.5 Å². The number of ketones is 1. The van der Waals surface area contributed by atoms with Gasteiger partial charge in [0.05, 0.1) is 26.4 Å². The Morgan fingerprint density at radius 2 is 1.55 bits per heavy atom. The van der Waals surface area contributed by atoms with E-state index in [1.165, 1.54) is 0 Å². The summed E-state index contributed by atoms with van der Waals surface area (Å²) in [6.07, 6.45) is 8.95. The first-order chi connectivity index (χ1) is 13.9. The lowest BCUT2D eigenvalue weighted by Crippen LogP contribution is -2.61. The first-order valence-electron chi connectivity index (χ1n) is 12.0. The Bertz CT molecular complexity index is 693. The lowest BCUT2D eigenvalue weighted by molar-refractivity contribution is -0.304. The summed E-state index contributed by atoms with van der Waals surface area (Å²) >= 11 is 0. The molecule has 6 fully saturated rings. The standard InChI is InChI=1S/C24H36O5/c1-21-8-9-23(26-10-3-11-27-23)15-16(21)14-19(25)20-17(21)4-6-22(2)18(20)5-7-24(22)28-12-13-29-24/h16-18,20H,3-15H2,1-2H3/t16?,17?,18?,20?,21-,22-/m0/s1. The van der Waals surface area contributed by atoms with Crippen molar-refractivity contribution in [2.45, 2.75) is 83.2 Å². The first-order valence-corrected chi connectivity index (χ1v) is 12.0. The fourth-order valence-corrected chi connectivity index (χ4v) is 8.64. The van der Waals surface area contributed by atoms with Crippen LogP contribution in [0.5, 0.6) is 0 Å². The molecule has 0 aromatic heterocycles. The molecular weight excluding hydrogens is 368 g/mol. The van der Waals surface area contributed by atoms with E-state index in [2.05, 4.69) is 13.8 Å². The smallest absolute Gasteiger partial charge is 0.174 e. The Morgan fingerprint density at radius 1 is 0.828 bits per heavy atom. The third-order valence-electron chi connectivity index (χ3n) is 10.3. The van der Waals surface area contributed by atoms with Crippen LogP contribution in [0.2, 0.25) is 0 Å². The number of fused-ring (bicyclic) bond motifs is 6. The number of hydrogen-bond acceptors (Lipinski definition) is 5. The van der Waals surface area contributed by atoms with Crippen molar-refractivity contribution in [3.8, 4) is 0 Å². The van der Waals surface area contributed by atoms with Gasteiger partial charge in [0.15, 0.2) is 11.6 Å². The largest absolute Gasteiger partial charge is 0.350 e. The highest BCUT2D eigenvalue weighted by atomic mass is 16.7. The maximum atomic E-state index is 13.6. The van der Waals surface area contributed by atoms with Crippen LogP contribution in [0, 0.1) is 34.5 Å². The number of rotatable bonds is 0. The van der Waals surface area contributed by atoms with Crippen LogP contribution < -0.4 is 0 Å². The fraction of sp³-hybridized carbons (Fsp3) is 0.958. The fourth-order valence-electron chi connectivity index (χ4n) is 8.64. The van der Waals surface area contributed by atoms with Gasteiger partial charge in [-0.15, -0.1) is 0 Å². The zero-order chi connectivity index (χ0) is 19.9. The van der Waals surface area contributed by atoms with Crippen LogP contribution >= 0.6 is 0 Å².